The molecule has 1 aromatic rings. The molecule has 1 fully saturated rings. The summed E-state index contributed by atoms with van der Waals surface area (Å²) in [6, 6.07) is 6.06. The zero-order valence-corrected chi connectivity index (χ0v) is 8.46. The molecule has 2 rings (SSSR count). The predicted molar refractivity (Wildman–Crippen MR) is 54.3 cm³/mol. The Balaban J connectivity index is 0.000000845. The molecule has 1 aromatic heterocycles. The molecule has 3 heteroatoms. The molecule has 2 atom stereocenters. The van der Waals surface area contributed by atoms with Crippen molar-refractivity contribution in [2.45, 2.75) is 25.4 Å². The van der Waals surface area contributed by atoms with Crippen molar-refractivity contribution in [3.05, 3.63) is 30.1 Å². The van der Waals surface area contributed by atoms with Crippen molar-refractivity contribution >= 4 is 12.4 Å². The normalized spacial score (nSPS) is 21.8. The number of hydrogen-bond acceptors (Lipinski definition) is 2. The van der Waals surface area contributed by atoms with E-state index < -0.39 is 0 Å². The Hall–Kier alpha value is -0.600. The van der Waals surface area contributed by atoms with E-state index in [0.29, 0.717) is 12.0 Å². The van der Waals surface area contributed by atoms with Crippen molar-refractivity contribution in [1.82, 2.24) is 4.98 Å². The largest absolute Gasteiger partial charge is 0.373 e. The smallest absolute Gasteiger partial charge is 0.0816 e. The maximum atomic E-state index is 5.17. The minimum atomic E-state index is 0. The van der Waals surface area contributed by atoms with Crippen LogP contribution in [0.1, 0.15) is 25.0 Å². The molecule has 0 aliphatic carbocycles. The zero-order chi connectivity index (χ0) is 8.39. The molecule has 0 bridgehead atoms. The first-order valence-electron chi connectivity index (χ1n) is 4.39. The fourth-order valence-corrected chi connectivity index (χ4v) is 1.39. The first-order valence-corrected chi connectivity index (χ1v) is 4.39. The fourth-order valence-electron chi connectivity index (χ4n) is 1.39. The van der Waals surface area contributed by atoms with Gasteiger partial charge in [0.1, 0.15) is 0 Å². The van der Waals surface area contributed by atoms with E-state index in [9.17, 15) is 0 Å². The van der Waals surface area contributed by atoms with Gasteiger partial charge in [0.15, 0.2) is 0 Å². The maximum absolute atomic E-state index is 5.17. The Morgan fingerprint density at radius 2 is 2.38 bits per heavy atom. The first-order chi connectivity index (χ1) is 5.86. The molecular formula is C10H14ClNO. The second-order valence-electron chi connectivity index (χ2n) is 3.35. The van der Waals surface area contributed by atoms with Gasteiger partial charge in [0.2, 0.25) is 0 Å². The molecule has 0 saturated carbocycles. The zero-order valence-electron chi connectivity index (χ0n) is 7.64. The third kappa shape index (κ3) is 2.98. The number of ether oxygens (including phenoxy) is 1. The lowest BCUT2D eigenvalue weighted by Crippen LogP contribution is -1.99. The van der Waals surface area contributed by atoms with Crippen molar-refractivity contribution in [3.63, 3.8) is 0 Å². The number of aromatic nitrogens is 1. The molecule has 2 heterocycles. The number of pyridine rings is 1. The van der Waals surface area contributed by atoms with Crippen LogP contribution in [0.4, 0.5) is 0 Å². The monoisotopic (exact) mass is 199 g/mol. The molecule has 2 nitrogen and oxygen atoms in total. The van der Waals surface area contributed by atoms with Gasteiger partial charge in [0.05, 0.1) is 12.7 Å². The predicted octanol–water partition coefficient (Wildman–Crippen LogP) is 2.40. The van der Waals surface area contributed by atoms with Crippen molar-refractivity contribution < 1.29 is 4.74 Å². The van der Waals surface area contributed by atoms with Gasteiger partial charge in [0, 0.05) is 17.8 Å². The van der Waals surface area contributed by atoms with E-state index in [0.717, 1.165) is 13.0 Å². The molecule has 2 unspecified atom stereocenters. The van der Waals surface area contributed by atoms with Crippen LogP contribution in [0, 0.1) is 0 Å². The lowest BCUT2D eigenvalue weighted by Gasteiger charge is -2.07. The fraction of sp³-hybridized carbons (Fsp3) is 0.500. The van der Waals surface area contributed by atoms with Crippen LogP contribution in [0.3, 0.4) is 0 Å². The molecule has 0 radical (unpaired) electrons. The molecule has 1 aliphatic heterocycles. The third-order valence-electron chi connectivity index (χ3n) is 2.21. The molecule has 0 spiro atoms. The average Bonchev–Trinajstić information content (AvgIpc) is 2.90. The summed E-state index contributed by atoms with van der Waals surface area (Å²) in [5, 5.41) is 0. The Bertz CT molecular complexity index is 248. The van der Waals surface area contributed by atoms with Gasteiger partial charge in [-0.2, -0.15) is 0 Å². The summed E-state index contributed by atoms with van der Waals surface area (Å²) in [6.07, 6.45) is 3.46. The van der Waals surface area contributed by atoms with E-state index in [-0.39, 0.29) is 12.4 Å². The van der Waals surface area contributed by atoms with Gasteiger partial charge in [-0.05, 0) is 18.6 Å². The van der Waals surface area contributed by atoms with Crippen LogP contribution in [0.5, 0.6) is 0 Å². The van der Waals surface area contributed by atoms with Crippen LogP contribution >= 0.6 is 12.4 Å². The molecule has 13 heavy (non-hydrogen) atoms. The Kier molecular flexibility index (Phi) is 3.70. The molecule has 72 valence electrons. The molecule has 1 saturated heterocycles. The average molecular weight is 200 g/mol. The summed E-state index contributed by atoms with van der Waals surface area (Å²) in [4.78, 5) is 4.30. The quantitative estimate of drug-likeness (QED) is 0.699. The maximum Gasteiger partial charge on any atom is 0.0816 e. The lowest BCUT2D eigenvalue weighted by molar-refractivity contribution is 0.383. The molecular weight excluding hydrogens is 186 g/mol. The molecule has 1 aliphatic rings. The summed E-state index contributed by atoms with van der Waals surface area (Å²) in [5.41, 5.74) is 1.17. The summed E-state index contributed by atoms with van der Waals surface area (Å²) < 4.78 is 5.17. The first kappa shape index (κ1) is 10.5. The van der Waals surface area contributed by atoms with Gasteiger partial charge >= 0.3 is 0 Å². The van der Waals surface area contributed by atoms with Crippen LogP contribution in [0.15, 0.2) is 24.4 Å². The summed E-state index contributed by atoms with van der Waals surface area (Å²) >= 11 is 0. The van der Waals surface area contributed by atoms with Gasteiger partial charge in [-0.3, -0.25) is 4.98 Å². The van der Waals surface area contributed by atoms with Crippen LogP contribution < -0.4 is 0 Å². The second-order valence-corrected chi connectivity index (χ2v) is 3.35. The minimum Gasteiger partial charge on any atom is -0.373 e. The summed E-state index contributed by atoms with van der Waals surface area (Å²) in [5.74, 6) is 0.527. The van der Waals surface area contributed by atoms with Gasteiger partial charge in [0.25, 0.3) is 0 Å². The van der Waals surface area contributed by atoms with Gasteiger partial charge in [-0.15, -0.1) is 12.4 Å². The Morgan fingerprint density at radius 1 is 1.62 bits per heavy atom. The highest BCUT2D eigenvalue weighted by atomic mass is 35.5. The number of epoxide rings is 1. The summed E-state index contributed by atoms with van der Waals surface area (Å²) in [7, 11) is 0. The van der Waals surface area contributed by atoms with E-state index in [4.69, 9.17) is 4.74 Å². The van der Waals surface area contributed by atoms with Gasteiger partial charge in [-0.25, -0.2) is 0 Å². The van der Waals surface area contributed by atoms with Crippen LogP contribution in [0.2, 0.25) is 0 Å². The molecule has 0 N–H and O–H groups in total. The topological polar surface area (TPSA) is 25.4 Å². The van der Waals surface area contributed by atoms with Crippen molar-refractivity contribution in [1.29, 1.82) is 0 Å². The highest BCUT2D eigenvalue weighted by Crippen LogP contribution is 2.25. The molecule has 0 aromatic carbocycles. The van der Waals surface area contributed by atoms with Crippen LogP contribution in [-0.4, -0.2) is 17.7 Å². The van der Waals surface area contributed by atoms with E-state index in [2.05, 4.69) is 18.0 Å². The van der Waals surface area contributed by atoms with Gasteiger partial charge < -0.3 is 4.74 Å². The van der Waals surface area contributed by atoms with E-state index in [1.165, 1.54) is 5.69 Å². The molecule has 0 amide bonds. The second kappa shape index (κ2) is 4.58. The van der Waals surface area contributed by atoms with Crippen molar-refractivity contribution in [2.24, 2.45) is 0 Å². The SMILES string of the molecule is CC(CC1CO1)c1ccccn1.Cl. The lowest BCUT2D eigenvalue weighted by atomic mass is 10.0. The number of hydrogen-bond donors (Lipinski definition) is 0. The van der Waals surface area contributed by atoms with E-state index >= 15 is 0 Å². The van der Waals surface area contributed by atoms with E-state index in [1.54, 1.807) is 0 Å². The highest BCUT2D eigenvalue weighted by molar-refractivity contribution is 5.85. The van der Waals surface area contributed by atoms with Gasteiger partial charge in [-0.1, -0.05) is 13.0 Å². The summed E-state index contributed by atoms with van der Waals surface area (Å²) in [6.45, 7) is 3.14. The Labute approximate surface area is 84.7 Å². The number of halogens is 1. The van der Waals surface area contributed by atoms with E-state index in [1.807, 2.05) is 18.3 Å². The number of rotatable bonds is 3. The van der Waals surface area contributed by atoms with Crippen LogP contribution in [0.25, 0.3) is 0 Å². The highest BCUT2D eigenvalue weighted by Gasteiger charge is 2.25. The Morgan fingerprint density at radius 3 is 2.92 bits per heavy atom. The van der Waals surface area contributed by atoms with Crippen molar-refractivity contribution in [3.8, 4) is 0 Å². The van der Waals surface area contributed by atoms with Crippen LogP contribution in [-0.2, 0) is 4.74 Å². The van der Waals surface area contributed by atoms with Crippen molar-refractivity contribution in [2.75, 3.05) is 6.61 Å². The third-order valence-corrected chi connectivity index (χ3v) is 2.21. The number of nitrogens with zero attached hydrogens (tertiary/aromatic N) is 1. The standard InChI is InChI=1S/C10H13NO.ClH/c1-8(6-9-7-12-9)10-4-2-3-5-11-10;/h2-5,8-9H,6-7H2,1H3;1H. The minimum absolute atomic E-state index is 0.